The molecule has 4 rings (SSSR count). The minimum absolute atomic E-state index is 0.118. The van der Waals surface area contributed by atoms with Crippen LogP contribution in [0.25, 0.3) is 22.3 Å². The summed E-state index contributed by atoms with van der Waals surface area (Å²) in [7, 11) is 1.60. The third-order valence-corrected chi connectivity index (χ3v) is 4.99. The lowest BCUT2D eigenvalue weighted by Gasteiger charge is -2.08. The van der Waals surface area contributed by atoms with Crippen molar-refractivity contribution in [3.05, 3.63) is 59.6 Å². The number of rotatable bonds is 8. The number of aromatic amines is 1. The molecule has 0 fully saturated rings. The first kappa shape index (κ1) is 21.1. The van der Waals surface area contributed by atoms with Crippen LogP contribution in [0.15, 0.2) is 36.8 Å². The number of pyridine rings is 1. The molecule has 0 saturated heterocycles. The number of benzene rings is 1. The fourth-order valence-corrected chi connectivity index (χ4v) is 3.47. The zero-order valence-corrected chi connectivity index (χ0v) is 17.4. The number of hydrogen-bond donors (Lipinski definition) is 3. The highest BCUT2D eigenvalue weighted by Crippen LogP contribution is 2.31. The van der Waals surface area contributed by atoms with E-state index in [9.17, 15) is 5.26 Å². The van der Waals surface area contributed by atoms with Gasteiger partial charge in [0.1, 0.15) is 41.2 Å². The van der Waals surface area contributed by atoms with E-state index in [2.05, 4.69) is 25.3 Å². The highest BCUT2D eigenvalue weighted by molar-refractivity contribution is 5.93. The number of nitriles is 1. The Hall–Kier alpha value is -4.10. The number of nitrogens with one attached hydrogen (secondary N) is 2. The predicted octanol–water partition coefficient (Wildman–Crippen LogP) is 2.85. The minimum Gasteiger partial charge on any atom is -0.384 e. The van der Waals surface area contributed by atoms with Crippen molar-refractivity contribution in [2.24, 2.45) is 0 Å². The molecule has 0 aliphatic heterocycles. The zero-order chi connectivity index (χ0) is 22.5. The summed E-state index contributed by atoms with van der Waals surface area (Å²) in [5, 5.41) is 12.3. The van der Waals surface area contributed by atoms with Crippen molar-refractivity contribution in [1.29, 1.82) is 5.26 Å². The predicted molar refractivity (Wildman–Crippen MR) is 118 cm³/mol. The molecule has 0 aliphatic rings. The van der Waals surface area contributed by atoms with Gasteiger partial charge in [-0.05, 0) is 30.2 Å². The molecule has 4 N–H and O–H groups in total. The standard InChI is InChI=1S/C22H21FN8O/c1-32-9-6-13-10-15(23)18(16-4-2-3-7-26-16)20-19(13)30-17(31-20)5-8-27-22-14(11-24)21(25)28-12-29-22/h2-4,7,10,12H,5-6,8-9H2,1H3,(H,30,31)(H3,25,27,28,29). The number of hydrogen-bond acceptors (Lipinski definition) is 8. The third kappa shape index (κ3) is 4.19. The molecular formula is C22H21FN8O. The van der Waals surface area contributed by atoms with Gasteiger partial charge < -0.3 is 20.8 Å². The van der Waals surface area contributed by atoms with E-state index in [1.165, 1.54) is 12.4 Å². The minimum atomic E-state index is -0.370. The number of ether oxygens (including phenoxy) is 1. The molecule has 0 amide bonds. The summed E-state index contributed by atoms with van der Waals surface area (Å²) in [4.78, 5) is 20.2. The summed E-state index contributed by atoms with van der Waals surface area (Å²) < 4.78 is 20.3. The number of aromatic nitrogens is 5. The number of fused-ring (bicyclic) bond motifs is 1. The van der Waals surface area contributed by atoms with Crippen molar-refractivity contribution < 1.29 is 9.13 Å². The lowest BCUT2D eigenvalue weighted by atomic mass is 10.0. The van der Waals surface area contributed by atoms with Crippen LogP contribution in [-0.4, -0.2) is 45.2 Å². The van der Waals surface area contributed by atoms with Gasteiger partial charge in [0.15, 0.2) is 0 Å². The Bertz CT molecular complexity index is 1280. The van der Waals surface area contributed by atoms with Crippen molar-refractivity contribution in [2.75, 3.05) is 31.3 Å². The number of halogens is 1. The Morgan fingerprint density at radius 2 is 2.12 bits per heavy atom. The van der Waals surface area contributed by atoms with E-state index in [0.717, 1.165) is 5.56 Å². The van der Waals surface area contributed by atoms with Gasteiger partial charge in [-0.3, -0.25) is 4.98 Å². The van der Waals surface area contributed by atoms with Gasteiger partial charge in [-0.1, -0.05) is 6.07 Å². The van der Waals surface area contributed by atoms with E-state index in [0.29, 0.717) is 59.9 Å². The molecule has 162 valence electrons. The van der Waals surface area contributed by atoms with Crippen LogP contribution in [0.4, 0.5) is 16.0 Å². The number of nitrogens with two attached hydrogens (primary N) is 1. The van der Waals surface area contributed by atoms with E-state index >= 15 is 4.39 Å². The quantitative estimate of drug-likeness (QED) is 0.386. The van der Waals surface area contributed by atoms with Crippen LogP contribution in [0.1, 0.15) is 17.0 Å². The van der Waals surface area contributed by atoms with E-state index in [-0.39, 0.29) is 17.2 Å². The van der Waals surface area contributed by atoms with Crippen molar-refractivity contribution in [2.45, 2.75) is 12.8 Å². The fourth-order valence-electron chi connectivity index (χ4n) is 3.47. The first-order chi connectivity index (χ1) is 15.6. The Kier molecular flexibility index (Phi) is 6.19. The third-order valence-electron chi connectivity index (χ3n) is 4.99. The summed E-state index contributed by atoms with van der Waals surface area (Å²) in [6, 6.07) is 8.85. The van der Waals surface area contributed by atoms with Crippen LogP contribution < -0.4 is 11.1 Å². The number of nitrogens with zero attached hydrogens (tertiary/aromatic N) is 5. The lowest BCUT2D eigenvalue weighted by molar-refractivity contribution is 0.202. The molecule has 32 heavy (non-hydrogen) atoms. The SMILES string of the molecule is COCCc1cc(F)c(-c2ccccn2)c2[nH]c(CCNc3ncnc(N)c3C#N)nc12. The van der Waals surface area contributed by atoms with Crippen LogP contribution in [0.5, 0.6) is 0 Å². The van der Waals surface area contributed by atoms with E-state index < -0.39 is 0 Å². The van der Waals surface area contributed by atoms with E-state index in [4.69, 9.17) is 15.5 Å². The molecule has 4 aromatic rings. The second-order valence-corrected chi connectivity index (χ2v) is 7.03. The van der Waals surface area contributed by atoms with E-state index in [1.54, 1.807) is 25.4 Å². The van der Waals surface area contributed by atoms with Gasteiger partial charge in [-0.25, -0.2) is 19.3 Å². The second-order valence-electron chi connectivity index (χ2n) is 7.03. The zero-order valence-electron chi connectivity index (χ0n) is 17.4. The van der Waals surface area contributed by atoms with Crippen LogP contribution in [0.2, 0.25) is 0 Å². The highest BCUT2D eigenvalue weighted by atomic mass is 19.1. The van der Waals surface area contributed by atoms with Gasteiger partial charge >= 0.3 is 0 Å². The lowest BCUT2D eigenvalue weighted by Crippen LogP contribution is -2.10. The fraction of sp³-hybridized carbons (Fsp3) is 0.227. The molecule has 10 heteroatoms. The molecule has 3 heterocycles. The van der Waals surface area contributed by atoms with Crippen LogP contribution in [0, 0.1) is 17.1 Å². The smallest absolute Gasteiger partial charge is 0.149 e. The summed E-state index contributed by atoms with van der Waals surface area (Å²) in [5.41, 5.74) is 8.85. The number of anilines is 2. The van der Waals surface area contributed by atoms with Crippen LogP contribution in [0.3, 0.4) is 0 Å². The van der Waals surface area contributed by atoms with Crippen molar-refractivity contribution in [1.82, 2.24) is 24.9 Å². The molecule has 0 radical (unpaired) electrons. The van der Waals surface area contributed by atoms with Gasteiger partial charge in [0, 0.05) is 26.3 Å². The summed E-state index contributed by atoms with van der Waals surface area (Å²) in [5.74, 6) is 0.768. The first-order valence-corrected chi connectivity index (χ1v) is 9.97. The Morgan fingerprint density at radius 3 is 2.88 bits per heavy atom. The molecule has 3 aromatic heterocycles. The van der Waals surface area contributed by atoms with Gasteiger partial charge in [0.25, 0.3) is 0 Å². The first-order valence-electron chi connectivity index (χ1n) is 9.97. The highest BCUT2D eigenvalue weighted by Gasteiger charge is 2.19. The summed E-state index contributed by atoms with van der Waals surface area (Å²) in [6.45, 7) is 0.882. The molecular weight excluding hydrogens is 411 g/mol. The van der Waals surface area contributed by atoms with Crippen LogP contribution >= 0.6 is 0 Å². The topological polar surface area (TPSA) is 138 Å². The van der Waals surface area contributed by atoms with Gasteiger partial charge in [0.05, 0.1) is 28.9 Å². The maximum Gasteiger partial charge on any atom is 0.149 e. The van der Waals surface area contributed by atoms with Crippen LogP contribution in [-0.2, 0) is 17.6 Å². The number of imidazole rings is 1. The van der Waals surface area contributed by atoms with Gasteiger partial charge in [0.2, 0.25) is 0 Å². The average molecular weight is 432 g/mol. The number of nitrogen functional groups attached to an aromatic ring is 1. The number of methoxy groups -OCH3 is 1. The summed E-state index contributed by atoms with van der Waals surface area (Å²) in [6.07, 6.45) is 3.93. The van der Waals surface area contributed by atoms with Crippen molar-refractivity contribution in [3.63, 3.8) is 0 Å². The van der Waals surface area contributed by atoms with Gasteiger partial charge in [-0.2, -0.15) is 5.26 Å². The van der Waals surface area contributed by atoms with Gasteiger partial charge in [-0.15, -0.1) is 0 Å². The molecule has 0 spiro atoms. The Labute approximate surface area is 183 Å². The molecule has 0 bridgehead atoms. The van der Waals surface area contributed by atoms with E-state index in [1.807, 2.05) is 12.1 Å². The molecule has 0 saturated carbocycles. The maximum absolute atomic E-state index is 15.1. The second kappa shape index (κ2) is 9.36. The molecule has 0 unspecified atom stereocenters. The molecule has 9 nitrogen and oxygen atoms in total. The number of H-pyrrole nitrogens is 1. The Balaban J connectivity index is 1.66. The normalized spacial score (nSPS) is 10.9. The molecule has 0 atom stereocenters. The maximum atomic E-state index is 15.1. The van der Waals surface area contributed by atoms with Crippen molar-refractivity contribution in [3.8, 4) is 17.3 Å². The molecule has 0 aliphatic carbocycles. The largest absolute Gasteiger partial charge is 0.384 e. The summed E-state index contributed by atoms with van der Waals surface area (Å²) >= 11 is 0. The Morgan fingerprint density at radius 1 is 1.25 bits per heavy atom. The molecule has 1 aromatic carbocycles. The monoisotopic (exact) mass is 432 g/mol. The average Bonchev–Trinajstić information content (AvgIpc) is 3.22. The van der Waals surface area contributed by atoms with Crippen molar-refractivity contribution >= 4 is 22.7 Å².